The zero-order chi connectivity index (χ0) is 21.8. The van der Waals surface area contributed by atoms with Gasteiger partial charge in [-0.1, -0.05) is 45.8 Å². The first-order valence-electron chi connectivity index (χ1n) is 8.72. The first-order valence-corrected chi connectivity index (χ1v) is 10.3. The van der Waals surface area contributed by atoms with E-state index in [4.69, 9.17) is 4.74 Å². The molecule has 0 radical (unpaired) electrons. The van der Waals surface area contributed by atoms with E-state index in [9.17, 15) is 24.3 Å². The Hall–Kier alpha value is -2.91. The van der Waals surface area contributed by atoms with Crippen LogP contribution in [0.1, 0.15) is 21.5 Å². The highest BCUT2D eigenvalue weighted by Crippen LogP contribution is 2.35. The lowest BCUT2D eigenvalue weighted by Crippen LogP contribution is -2.33. The van der Waals surface area contributed by atoms with Crippen molar-refractivity contribution < 1.29 is 29.0 Å². The Kier molecular flexibility index (Phi) is 6.73. The number of amides is 2. The van der Waals surface area contributed by atoms with Crippen LogP contribution in [-0.4, -0.2) is 41.0 Å². The number of ketones is 1. The fraction of sp³-hybridized carbons (Fsp3) is 0.143. The van der Waals surface area contributed by atoms with Gasteiger partial charge in [0, 0.05) is 15.6 Å². The summed E-state index contributed by atoms with van der Waals surface area (Å²) in [6.07, 6.45) is 1.43. The zero-order valence-corrected chi connectivity index (χ0v) is 18.1. The van der Waals surface area contributed by atoms with Crippen molar-refractivity contribution in [3.05, 3.63) is 68.5 Å². The van der Waals surface area contributed by atoms with E-state index >= 15 is 0 Å². The minimum atomic E-state index is -1.39. The van der Waals surface area contributed by atoms with Gasteiger partial charge in [-0.25, -0.2) is 0 Å². The highest BCUT2D eigenvalue weighted by molar-refractivity contribution is 9.10. The molecule has 0 N–H and O–H groups in total. The molecule has 3 rings (SSSR count). The molecule has 7 nitrogen and oxygen atoms in total. The normalized spacial score (nSPS) is 15.0. The fourth-order valence-corrected chi connectivity index (χ4v) is 3.86. The molecule has 0 aliphatic carbocycles. The van der Waals surface area contributed by atoms with E-state index in [1.807, 2.05) is 6.92 Å². The summed E-state index contributed by atoms with van der Waals surface area (Å²) in [6.45, 7) is 0.870. The number of rotatable bonds is 7. The van der Waals surface area contributed by atoms with Crippen LogP contribution >= 0.6 is 27.7 Å². The van der Waals surface area contributed by atoms with E-state index in [-0.39, 0.29) is 23.0 Å². The zero-order valence-electron chi connectivity index (χ0n) is 15.7. The van der Waals surface area contributed by atoms with Crippen LogP contribution in [0.5, 0.6) is 5.75 Å². The lowest BCUT2D eigenvalue weighted by atomic mass is 10.1. The number of halogens is 1. The Balaban J connectivity index is 1.81. The van der Waals surface area contributed by atoms with Crippen LogP contribution in [0, 0.1) is 6.92 Å². The Morgan fingerprint density at radius 3 is 2.53 bits per heavy atom. The number of benzene rings is 2. The van der Waals surface area contributed by atoms with E-state index < -0.39 is 23.7 Å². The quantitative estimate of drug-likeness (QED) is 0.435. The molecule has 0 saturated carbocycles. The number of thioether (sulfide) groups is 1. The Morgan fingerprint density at radius 1 is 1.17 bits per heavy atom. The van der Waals surface area contributed by atoms with Gasteiger partial charge in [0.2, 0.25) is 0 Å². The number of carbonyl (C=O) groups excluding carboxylic acids is 4. The van der Waals surface area contributed by atoms with Crippen molar-refractivity contribution in [3.63, 3.8) is 0 Å². The molecule has 0 atom stereocenters. The number of carbonyl (C=O) groups is 4. The molecular weight excluding hydrogens is 474 g/mol. The topological polar surface area (TPSA) is 104 Å². The third-order valence-corrected chi connectivity index (χ3v) is 5.55. The van der Waals surface area contributed by atoms with Crippen molar-refractivity contribution in [3.8, 4) is 5.75 Å². The summed E-state index contributed by atoms with van der Waals surface area (Å²) >= 11 is 4.00. The molecule has 1 saturated heterocycles. The van der Waals surface area contributed by atoms with Gasteiger partial charge in [-0.05, 0) is 43.0 Å². The second-order valence-corrected chi connectivity index (χ2v) is 8.31. The maximum absolute atomic E-state index is 12.7. The van der Waals surface area contributed by atoms with Gasteiger partial charge in [0.1, 0.15) is 12.4 Å². The van der Waals surface area contributed by atoms with Crippen molar-refractivity contribution >= 4 is 56.7 Å². The van der Waals surface area contributed by atoms with Crippen LogP contribution in [0.15, 0.2) is 51.8 Å². The third-order valence-electron chi connectivity index (χ3n) is 4.15. The second kappa shape index (κ2) is 9.27. The molecule has 1 aliphatic rings. The SMILES string of the molecule is Cc1ccc(C(=O)CN2C(=O)S/C(=C\c3cc(Br)ccc3OCC(=O)[O-])C2=O)cc1. The number of Topliss-reactive ketones (excluding diaryl/α,β-unsaturated/α-hetero) is 1. The molecule has 30 heavy (non-hydrogen) atoms. The first-order chi connectivity index (χ1) is 14.2. The third kappa shape index (κ3) is 5.17. The Morgan fingerprint density at radius 2 is 1.87 bits per heavy atom. The number of aliphatic carboxylic acids is 1. The average Bonchev–Trinajstić information content (AvgIpc) is 2.95. The monoisotopic (exact) mass is 488 g/mol. The number of hydrogen-bond acceptors (Lipinski definition) is 7. The van der Waals surface area contributed by atoms with Gasteiger partial charge in [0.15, 0.2) is 5.78 Å². The molecule has 0 unspecified atom stereocenters. The van der Waals surface area contributed by atoms with Gasteiger partial charge in [-0.2, -0.15) is 0 Å². The van der Waals surface area contributed by atoms with Gasteiger partial charge in [-0.15, -0.1) is 0 Å². The smallest absolute Gasteiger partial charge is 0.293 e. The molecule has 0 spiro atoms. The predicted octanol–water partition coefficient (Wildman–Crippen LogP) is 2.81. The summed E-state index contributed by atoms with van der Waals surface area (Å²) in [5.74, 6) is -2.13. The number of carboxylic acid groups (broad SMARTS) is 1. The van der Waals surface area contributed by atoms with E-state index in [0.717, 1.165) is 10.5 Å². The van der Waals surface area contributed by atoms with Crippen LogP contribution in [0.25, 0.3) is 6.08 Å². The number of carboxylic acids is 1. The molecule has 2 aromatic carbocycles. The van der Waals surface area contributed by atoms with Crippen LogP contribution in [0.3, 0.4) is 0 Å². The van der Waals surface area contributed by atoms with Crippen molar-refractivity contribution in [2.24, 2.45) is 0 Å². The van der Waals surface area contributed by atoms with E-state index in [2.05, 4.69) is 15.9 Å². The number of ether oxygens (including phenoxy) is 1. The molecule has 2 aromatic rings. The Labute approximate surface area is 184 Å². The van der Waals surface area contributed by atoms with Crippen LogP contribution in [0.2, 0.25) is 0 Å². The summed E-state index contributed by atoms with van der Waals surface area (Å²) in [7, 11) is 0. The summed E-state index contributed by atoms with van der Waals surface area (Å²) < 4.78 is 5.85. The summed E-state index contributed by atoms with van der Waals surface area (Å²) in [5.41, 5.74) is 1.81. The van der Waals surface area contributed by atoms with Gasteiger partial charge >= 0.3 is 0 Å². The number of nitrogens with zero attached hydrogens (tertiary/aromatic N) is 1. The largest absolute Gasteiger partial charge is 0.546 e. The summed E-state index contributed by atoms with van der Waals surface area (Å²) in [4.78, 5) is 49.1. The highest BCUT2D eigenvalue weighted by Gasteiger charge is 2.36. The molecular formula is C21H15BrNO6S-. The van der Waals surface area contributed by atoms with Crippen LogP contribution in [-0.2, 0) is 9.59 Å². The van der Waals surface area contributed by atoms with Gasteiger partial charge in [-0.3, -0.25) is 19.3 Å². The summed E-state index contributed by atoms with van der Waals surface area (Å²) in [6, 6.07) is 11.7. The lowest BCUT2D eigenvalue weighted by molar-refractivity contribution is -0.307. The highest BCUT2D eigenvalue weighted by atomic mass is 79.9. The van der Waals surface area contributed by atoms with Crippen molar-refractivity contribution in [1.29, 1.82) is 0 Å². The minimum absolute atomic E-state index is 0.105. The van der Waals surface area contributed by atoms with E-state index in [1.165, 1.54) is 12.1 Å². The predicted molar refractivity (Wildman–Crippen MR) is 113 cm³/mol. The lowest BCUT2D eigenvalue weighted by Gasteiger charge is -2.12. The molecule has 154 valence electrons. The maximum atomic E-state index is 12.7. The van der Waals surface area contributed by atoms with Gasteiger partial charge in [0.05, 0.1) is 17.4 Å². The number of hydrogen-bond donors (Lipinski definition) is 0. The van der Waals surface area contributed by atoms with Gasteiger partial charge < -0.3 is 14.6 Å². The molecule has 0 aromatic heterocycles. The first kappa shape index (κ1) is 21.8. The number of imide groups is 1. The van der Waals surface area contributed by atoms with Crippen molar-refractivity contribution in [1.82, 2.24) is 4.90 Å². The molecule has 9 heteroatoms. The maximum Gasteiger partial charge on any atom is 0.293 e. The van der Waals surface area contributed by atoms with Crippen LogP contribution in [0.4, 0.5) is 4.79 Å². The van der Waals surface area contributed by atoms with E-state index in [1.54, 1.807) is 36.4 Å². The molecule has 2 amide bonds. The second-order valence-electron chi connectivity index (χ2n) is 6.40. The van der Waals surface area contributed by atoms with Crippen molar-refractivity contribution in [2.45, 2.75) is 6.92 Å². The number of aryl methyl sites for hydroxylation is 1. The molecule has 1 heterocycles. The molecule has 1 aliphatic heterocycles. The summed E-state index contributed by atoms with van der Waals surface area (Å²) in [5, 5.41) is 10.1. The fourth-order valence-electron chi connectivity index (χ4n) is 2.65. The van der Waals surface area contributed by atoms with E-state index in [0.29, 0.717) is 27.4 Å². The minimum Gasteiger partial charge on any atom is -0.546 e. The standard InChI is InChI=1S/C21H16BrNO6S/c1-12-2-4-13(5-3-12)16(24)10-23-20(27)18(30-21(23)28)9-14-8-15(22)6-7-17(14)29-11-19(25)26/h2-9H,10-11H2,1H3,(H,25,26)/p-1/b18-9-. The average molecular weight is 489 g/mol. The molecule has 1 fully saturated rings. The molecule has 0 bridgehead atoms. The van der Waals surface area contributed by atoms with Crippen molar-refractivity contribution in [2.75, 3.05) is 13.2 Å². The van der Waals surface area contributed by atoms with Gasteiger partial charge in [0.25, 0.3) is 11.1 Å². The Bertz CT molecular complexity index is 1060. The van der Waals surface area contributed by atoms with Crippen LogP contribution < -0.4 is 9.84 Å².